The molecule has 0 fully saturated rings. The number of rotatable bonds is 3. The minimum Gasteiger partial charge on any atom is -0.345 e. The maximum absolute atomic E-state index is 5.70. The van der Waals surface area contributed by atoms with Crippen LogP contribution in [0.5, 0.6) is 0 Å². The molecule has 0 aliphatic rings. The van der Waals surface area contributed by atoms with Gasteiger partial charge in [-0.2, -0.15) is 0 Å². The number of fused-ring (bicyclic) bond motifs is 1. The van der Waals surface area contributed by atoms with Crippen LogP contribution < -0.4 is 0 Å². The smallest absolute Gasteiger partial charge is 0.223 e. The molecule has 0 N–H and O–H groups in total. The van der Waals surface area contributed by atoms with E-state index in [0.717, 1.165) is 17.6 Å². The average Bonchev–Trinajstić information content (AvgIpc) is 2.57. The molecule has 2 aromatic heterocycles. The van der Waals surface area contributed by atoms with E-state index in [9.17, 15) is 0 Å². The van der Waals surface area contributed by atoms with Gasteiger partial charge in [-0.05, 0) is 24.1 Å². The largest absolute Gasteiger partial charge is 0.345 e. The Bertz CT molecular complexity index is 436. The lowest BCUT2D eigenvalue weighted by molar-refractivity contribution is 0.649. The second kappa shape index (κ2) is 3.96. The van der Waals surface area contributed by atoms with Gasteiger partial charge >= 0.3 is 0 Å². The van der Waals surface area contributed by atoms with Gasteiger partial charge in [0.05, 0.1) is 17.2 Å². The Kier molecular flexibility index (Phi) is 2.68. The molecule has 0 saturated heterocycles. The molecule has 4 heteroatoms. The van der Waals surface area contributed by atoms with Crippen LogP contribution in [0.25, 0.3) is 11.0 Å². The standard InChI is InChI=1S/C10H12ClN3/c1-2-3-5-14-6-4-8-9(14)7-12-10(11)13-8/h4,6-7H,2-3,5H2,1H3. The molecule has 0 aliphatic carbocycles. The Morgan fingerprint density at radius 2 is 2.36 bits per heavy atom. The van der Waals surface area contributed by atoms with E-state index in [2.05, 4.69) is 21.5 Å². The Labute approximate surface area is 87.7 Å². The highest BCUT2D eigenvalue weighted by Crippen LogP contribution is 2.14. The zero-order chi connectivity index (χ0) is 9.97. The topological polar surface area (TPSA) is 30.7 Å². The Balaban J connectivity index is 2.37. The SMILES string of the molecule is CCCCn1ccc2nc(Cl)ncc21. The van der Waals surface area contributed by atoms with E-state index in [1.165, 1.54) is 12.8 Å². The first-order valence-corrected chi connectivity index (χ1v) is 5.16. The van der Waals surface area contributed by atoms with Crippen molar-refractivity contribution in [1.82, 2.24) is 14.5 Å². The predicted molar refractivity (Wildman–Crippen MR) is 57.4 cm³/mol. The van der Waals surface area contributed by atoms with Gasteiger partial charge in [0, 0.05) is 12.7 Å². The van der Waals surface area contributed by atoms with E-state index in [1.54, 1.807) is 6.20 Å². The maximum Gasteiger partial charge on any atom is 0.223 e. The van der Waals surface area contributed by atoms with Crippen LogP contribution in [-0.2, 0) is 6.54 Å². The van der Waals surface area contributed by atoms with Gasteiger partial charge in [0.1, 0.15) is 0 Å². The fraction of sp³-hybridized carbons (Fsp3) is 0.400. The van der Waals surface area contributed by atoms with Gasteiger partial charge in [-0.25, -0.2) is 9.97 Å². The third-order valence-electron chi connectivity index (χ3n) is 2.24. The monoisotopic (exact) mass is 209 g/mol. The fourth-order valence-corrected chi connectivity index (χ4v) is 1.61. The lowest BCUT2D eigenvalue weighted by Crippen LogP contribution is -1.95. The van der Waals surface area contributed by atoms with Crippen molar-refractivity contribution in [3.8, 4) is 0 Å². The number of hydrogen-bond acceptors (Lipinski definition) is 2. The highest BCUT2D eigenvalue weighted by Gasteiger charge is 2.02. The molecule has 2 aromatic rings. The van der Waals surface area contributed by atoms with Crippen molar-refractivity contribution in [1.29, 1.82) is 0 Å². The van der Waals surface area contributed by atoms with E-state index in [1.807, 2.05) is 12.3 Å². The summed E-state index contributed by atoms with van der Waals surface area (Å²) in [5.41, 5.74) is 1.98. The fourth-order valence-electron chi connectivity index (χ4n) is 1.47. The highest BCUT2D eigenvalue weighted by atomic mass is 35.5. The third-order valence-corrected chi connectivity index (χ3v) is 2.42. The summed E-state index contributed by atoms with van der Waals surface area (Å²) >= 11 is 5.70. The van der Waals surface area contributed by atoms with Gasteiger partial charge in [0.25, 0.3) is 0 Å². The molecule has 0 unspecified atom stereocenters. The zero-order valence-corrected chi connectivity index (χ0v) is 8.83. The van der Waals surface area contributed by atoms with Crippen LogP contribution in [0, 0.1) is 0 Å². The highest BCUT2D eigenvalue weighted by molar-refractivity contribution is 6.28. The van der Waals surface area contributed by atoms with Gasteiger partial charge in [-0.1, -0.05) is 13.3 Å². The van der Waals surface area contributed by atoms with Crippen LogP contribution in [0.1, 0.15) is 19.8 Å². The maximum atomic E-state index is 5.70. The molecule has 3 nitrogen and oxygen atoms in total. The minimum atomic E-state index is 0.311. The molecule has 2 rings (SSSR count). The molecule has 74 valence electrons. The van der Waals surface area contributed by atoms with Crippen molar-refractivity contribution >= 4 is 22.6 Å². The predicted octanol–water partition coefficient (Wildman–Crippen LogP) is 2.88. The first-order chi connectivity index (χ1) is 6.81. The molecule has 0 aromatic carbocycles. The van der Waals surface area contributed by atoms with Crippen molar-refractivity contribution in [3.05, 3.63) is 23.7 Å². The first-order valence-electron chi connectivity index (χ1n) is 4.78. The molecule has 0 bridgehead atoms. The van der Waals surface area contributed by atoms with Gasteiger partial charge in [0.2, 0.25) is 5.28 Å². The number of aromatic nitrogens is 3. The van der Waals surface area contributed by atoms with Gasteiger partial charge in [-0.3, -0.25) is 0 Å². The lowest BCUT2D eigenvalue weighted by atomic mass is 10.3. The Morgan fingerprint density at radius 1 is 1.50 bits per heavy atom. The molecule has 14 heavy (non-hydrogen) atoms. The summed E-state index contributed by atoms with van der Waals surface area (Å²) < 4.78 is 2.16. The third kappa shape index (κ3) is 1.73. The molecule has 0 atom stereocenters. The summed E-state index contributed by atoms with van der Waals surface area (Å²) in [6, 6.07) is 1.97. The van der Waals surface area contributed by atoms with Crippen LogP contribution in [0.3, 0.4) is 0 Å². The van der Waals surface area contributed by atoms with Crippen LogP contribution >= 0.6 is 11.6 Å². The molecular formula is C10H12ClN3. The van der Waals surface area contributed by atoms with Crippen LogP contribution in [0.2, 0.25) is 5.28 Å². The first kappa shape index (κ1) is 9.46. The van der Waals surface area contributed by atoms with Crippen molar-refractivity contribution in [2.24, 2.45) is 0 Å². The van der Waals surface area contributed by atoms with Crippen LogP contribution in [0.4, 0.5) is 0 Å². The molecule has 0 aliphatic heterocycles. The lowest BCUT2D eigenvalue weighted by Gasteiger charge is -2.02. The number of aryl methyl sites for hydroxylation is 1. The number of hydrogen-bond donors (Lipinski definition) is 0. The summed E-state index contributed by atoms with van der Waals surface area (Å²) in [6.07, 6.45) is 6.17. The number of halogens is 1. The molecule has 0 amide bonds. The van der Waals surface area contributed by atoms with Gasteiger partial charge in [0.15, 0.2) is 0 Å². The van der Waals surface area contributed by atoms with Crippen molar-refractivity contribution in [2.75, 3.05) is 0 Å². The van der Waals surface area contributed by atoms with Crippen molar-refractivity contribution < 1.29 is 0 Å². The normalized spacial score (nSPS) is 11.0. The summed E-state index contributed by atoms with van der Waals surface area (Å²) in [6.45, 7) is 3.20. The molecular weight excluding hydrogens is 198 g/mol. The second-order valence-corrected chi connectivity index (χ2v) is 3.61. The number of nitrogens with zero attached hydrogens (tertiary/aromatic N) is 3. The van der Waals surface area contributed by atoms with E-state index < -0.39 is 0 Å². The molecule has 0 saturated carbocycles. The van der Waals surface area contributed by atoms with E-state index in [4.69, 9.17) is 11.6 Å². The Morgan fingerprint density at radius 3 is 3.14 bits per heavy atom. The zero-order valence-electron chi connectivity index (χ0n) is 8.07. The van der Waals surface area contributed by atoms with Crippen molar-refractivity contribution in [3.63, 3.8) is 0 Å². The van der Waals surface area contributed by atoms with Crippen LogP contribution in [0.15, 0.2) is 18.5 Å². The van der Waals surface area contributed by atoms with Crippen LogP contribution in [-0.4, -0.2) is 14.5 Å². The van der Waals surface area contributed by atoms with E-state index in [-0.39, 0.29) is 0 Å². The number of unbranched alkanes of at least 4 members (excludes halogenated alkanes) is 1. The molecule has 2 heterocycles. The molecule has 0 radical (unpaired) electrons. The second-order valence-electron chi connectivity index (χ2n) is 3.27. The van der Waals surface area contributed by atoms with E-state index in [0.29, 0.717) is 5.28 Å². The van der Waals surface area contributed by atoms with Crippen molar-refractivity contribution in [2.45, 2.75) is 26.3 Å². The molecule has 0 spiro atoms. The van der Waals surface area contributed by atoms with E-state index >= 15 is 0 Å². The summed E-state index contributed by atoms with van der Waals surface area (Å²) in [5, 5.41) is 0.311. The summed E-state index contributed by atoms with van der Waals surface area (Å²) in [4.78, 5) is 8.12. The average molecular weight is 210 g/mol. The van der Waals surface area contributed by atoms with Gasteiger partial charge in [-0.15, -0.1) is 0 Å². The Hall–Kier alpha value is -1.09. The minimum absolute atomic E-state index is 0.311. The quantitative estimate of drug-likeness (QED) is 0.728. The summed E-state index contributed by atoms with van der Waals surface area (Å²) in [7, 11) is 0. The summed E-state index contributed by atoms with van der Waals surface area (Å²) in [5.74, 6) is 0. The van der Waals surface area contributed by atoms with Gasteiger partial charge < -0.3 is 4.57 Å².